The summed E-state index contributed by atoms with van der Waals surface area (Å²) >= 11 is 0. The zero-order chi connectivity index (χ0) is 20.8. The van der Waals surface area contributed by atoms with Gasteiger partial charge in [-0.3, -0.25) is 4.79 Å². The summed E-state index contributed by atoms with van der Waals surface area (Å²) in [6.45, 7) is 5.68. The van der Waals surface area contributed by atoms with Crippen molar-refractivity contribution in [1.82, 2.24) is 0 Å². The summed E-state index contributed by atoms with van der Waals surface area (Å²) < 4.78 is 10.9. The lowest BCUT2D eigenvalue weighted by molar-refractivity contribution is -0.149. The summed E-state index contributed by atoms with van der Waals surface area (Å²) in [5.41, 5.74) is 3.23. The number of nitrogens with one attached hydrogen (secondary N) is 1. The Labute approximate surface area is 170 Å². The van der Waals surface area contributed by atoms with Gasteiger partial charge in [-0.15, -0.1) is 0 Å². The fourth-order valence-corrected chi connectivity index (χ4v) is 2.82. The average molecular weight is 389 g/mol. The van der Waals surface area contributed by atoms with Gasteiger partial charge in [-0.2, -0.15) is 0 Å². The molecule has 1 heterocycles. The number of aryl methyl sites for hydroxylation is 3. The maximum absolute atomic E-state index is 13.0. The third-order valence-corrected chi connectivity index (χ3v) is 4.37. The Morgan fingerprint density at radius 1 is 1.00 bits per heavy atom. The fraction of sp³-hybridized carbons (Fsp3) is 0.167. The van der Waals surface area contributed by atoms with E-state index in [0.29, 0.717) is 17.0 Å². The van der Waals surface area contributed by atoms with E-state index in [1.165, 1.54) is 12.2 Å². The van der Waals surface area contributed by atoms with Crippen LogP contribution in [0.25, 0.3) is 6.08 Å². The van der Waals surface area contributed by atoms with Gasteiger partial charge in [-0.1, -0.05) is 42.5 Å². The highest BCUT2D eigenvalue weighted by Crippen LogP contribution is 2.23. The number of carbonyl (C=O) groups is 2. The van der Waals surface area contributed by atoms with Crippen LogP contribution in [-0.4, -0.2) is 11.9 Å². The third kappa shape index (κ3) is 5.45. The number of amides is 1. The monoisotopic (exact) mass is 389 g/mol. The Bertz CT molecular complexity index is 1030. The molecule has 0 unspecified atom stereocenters. The van der Waals surface area contributed by atoms with Crippen LogP contribution in [0.4, 0.5) is 5.69 Å². The Hall–Kier alpha value is -3.60. The first-order chi connectivity index (χ1) is 13.9. The molecular weight excluding hydrogens is 366 g/mol. The second-order valence-electron chi connectivity index (χ2n) is 6.82. The Balaban J connectivity index is 1.79. The summed E-state index contributed by atoms with van der Waals surface area (Å²) in [6.07, 6.45) is 1.69. The van der Waals surface area contributed by atoms with E-state index in [9.17, 15) is 9.59 Å². The third-order valence-electron chi connectivity index (χ3n) is 4.37. The molecule has 5 heteroatoms. The standard InChI is InChI=1S/C24H23NO4/c1-16-9-10-17(2)21(15-16)25-24(27)23(19-7-5-4-6-8-19)29-22(26)14-13-20-12-11-18(3)28-20/h4-15,23H,1-3H3,(H,25,27)/b14-13+/t23-/m0/s1. The van der Waals surface area contributed by atoms with Crippen molar-refractivity contribution in [1.29, 1.82) is 0 Å². The molecule has 1 atom stereocenters. The second-order valence-corrected chi connectivity index (χ2v) is 6.82. The maximum atomic E-state index is 13.0. The predicted octanol–water partition coefficient (Wildman–Crippen LogP) is 5.14. The van der Waals surface area contributed by atoms with Crippen molar-refractivity contribution in [3.63, 3.8) is 0 Å². The lowest BCUT2D eigenvalue weighted by Crippen LogP contribution is -2.25. The molecule has 0 bridgehead atoms. The van der Waals surface area contributed by atoms with Crippen molar-refractivity contribution < 1.29 is 18.7 Å². The van der Waals surface area contributed by atoms with Gasteiger partial charge < -0.3 is 14.5 Å². The number of anilines is 1. The van der Waals surface area contributed by atoms with Crippen molar-refractivity contribution in [2.24, 2.45) is 0 Å². The van der Waals surface area contributed by atoms with Gasteiger partial charge in [0.15, 0.2) is 0 Å². The first kappa shape index (κ1) is 20.1. The SMILES string of the molecule is Cc1ccc(C)c(NC(=O)[C@@H](OC(=O)/C=C/c2ccc(C)o2)c2ccccc2)c1. The summed E-state index contributed by atoms with van der Waals surface area (Å²) in [5.74, 6) is 0.230. The minimum Gasteiger partial charge on any atom is -0.462 e. The van der Waals surface area contributed by atoms with Crippen molar-refractivity contribution in [2.75, 3.05) is 5.32 Å². The van der Waals surface area contributed by atoms with Crippen LogP contribution in [0.3, 0.4) is 0 Å². The fourth-order valence-electron chi connectivity index (χ4n) is 2.82. The predicted molar refractivity (Wildman–Crippen MR) is 112 cm³/mol. The van der Waals surface area contributed by atoms with Crippen molar-refractivity contribution in [3.8, 4) is 0 Å². The molecule has 0 aliphatic rings. The minimum absolute atomic E-state index is 0.416. The zero-order valence-corrected chi connectivity index (χ0v) is 16.6. The van der Waals surface area contributed by atoms with Crippen LogP contribution in [0.2, 0.25) is 0 Å². The Morgan fingerprint density at radius 2 is 1.76 bits per heavy atom. The van der Waals surface area contributed by atoms with Crippen LogP contribution in [-0.2, 0) is 14.3 Å². The molecule has 0 fully saturated rings. The van der Waals surface area contributed by atoms with Crippen molar-refractivity contribution in [3.05, 3.63) is 95.0 Å². The zero-order valence-electron chi connectivity index (χ0n) is 16.6. The van der Waals surface area contributed by atoms with Crippen LogP contribution in [0.5, 0.6) is 0 Å². The lowest BCUT2D eigenvalue weighted by atomic mass is 10.1. The minimum atomic E-state index is -1.08. The van der Waals surface area contributed by atoms with Crippen LogP contribution < -0.4 is 5.32 Å². The normalized spacial score (nSPS) is 12.0. The van der Waals surface area contributed by atoms with E-state index in [-0.39, 0.29) is 0 Å². The van der Waals surface area contributed by atoms with Gasteiger partial charge in [0.25, 0.3) is 5.91 Å². The molecule has 29 heavy (non-hydrogen) atoms. The molecule has 0 aliphatic heterocycles. The molecule has 2 aromatic carbocycles. The van der Waals surface area contributed by atoms with Gasteiger partial charge >= 0.3 is 5.97 Å². The van der Waals surface area contributed by atoms with E-state index < -0.39 is 18.0 Å². The van der Waals surface area contributed by atoms with E-state index in [1.807, 2.05) is 45.0 Å². The number of furan rings is 1. The summed E-state index contributed by atoms with van der Waals surface area (Å²) in [6, 6.07) is 18.3. The summed E-state index contributed by atoms with van der Waals surface area (Å²) in [7, 11) is 0. The van der Waals surface area contributed by atoms with Gasteiger partial charge in [0.05, 0.1) is 0 Å². The molecule has 0 saturated carbocycles. The first-order valence-electron chi connectivity index (χ1n) is 9.30. The average Bonchev–Trinajstić information content (AvgIpc) is 3.13. The molecule has 0 aliphatic carbocycles. The molecule has 1 N–H and O–H groups in total. The Kier molecular flexibility index (Phi) is 6.29. The number of hydrogen-bond acceptors (Lipinski definition) is 4. The largest absolute Gasteiger partial charge is 0.462 e. The van der Waals surface area contributed by atoms with E-state index in [4.69, 9.17) is 9.15 Å². The van der Waals surface area contributed by atoms with Gasteiger partial charge in [0.2, 0.25) is 6.10 Å². The van der Waals surface area contributed by atoms with Gasteiger partial charge in [0.1, 0.15) is 11.5 Å². The van der Waals surface area contributed by atoms with Gasteiger partial charge in [-0.25, -0.2) is 4.79 Å². The van der Waals surface area contributed by atoms with E-state index in [0.717, 1.165) is 16.9 Å². The molecule has 148 valence electrons. The lowest BCUT2D eigenvalue weighted by Gasteiger charge is -2.18. The number of carbonyl (C=O) groups excluding carboxylic acids is 2. The highest BCUT2D eigenvalue weighted by molar-refractivity contribution is 5.98. The molecule has 3 rings (SSSR count). The van der Waals surface area contributed by atoms with Gasteiger partial charge in [0, 0.05) is 17.3 Å². The quantitative estimate of drug-likeness (QED) is 0.468. The smallest absolute Gasteiger partial charge is 0.332 e. The van der Waals surface area contributed by atoms with Crippen LogP contribution in [0.1, 0.15) is 34.3 Å². The number of ether oxygens (including phenoxy) is 1. The first-order valence-corrected chi connectivity index (χ1v) is 9.30. The number of hydrogen-bond donors (Lipinski definition) is 1. The van der Waals surface area contributed by atoms with Crippen LogP contribution in [0, 0.1) is 20.8 Å². The molecule has 1 amide bonds. The summed E-state index contributed by atoms with van der Waals surface area (Å²) in [4.78, 5) is 25.3. The van der Waals surface area contributed by atoms with Gasteiger partial charge in [-0.05, 0) is 56.2 Å². The summed E-state index contributed by atoms with van der Waals surface area (Å²) in [5, 5.41) is 2.87. The topological polar surface area (TPSA) is 68.5 Å². The molecule has 5 nitrogen and oxygen atoms in total. The van der Waals surface area contributed by atoms with Crippen molar-refractivity contribution >= 4 is 23.6 Å². The van der Waals surface area contributed by atoms with E-state index >= 15 is 0 Å². The molecule has 0 radical (unpaired) electrons. The van der Waals surface area contributed by atoms with Crippen molar-refractivity contribution in [2.45, 2.75) is 26.9 Å². The van der Waals surface area contributed by atoms with E-state index in [2.05, 4.69) is 5.32 Å². The van der Waals surface area contributed by atoms with Crippen LogP contribution >= 0.6 is 0 Å². The molecule has 0 spiro atoms. The molecule has 1 aromatic heterocycles. The second kappa shape index (κ2) is 9.06. The Morgan fingerprint density at radius 3 is 2.45 bits per heavy atom. The number of esters is 1. The molecule has 3 aromatic rings. The van der Waals surface area contributed by atoms with Crippen LogP contribution in [0.15, 0.2) is 71.2 Å². The van der Waals surface area contributed by atoms with E-state index in [1.54, 1.807) is 36.4 Å². The highest BCUT2D eigenvalue weighted by Gasteiger charge is 2.24. The molecular formula is C24H23NO4. The number of rotatable bonds is 6. The molecule has 0 saturated heterocycles. The maximum Gasteiger partial charge on any atom is 0.332 e. The number of benzene rings is 2. The highest BCUT2D eigenvalue weighted by atomic mass is 16.5.